The summed E-state index contributed by atoms with van der Waals surface area (Å²) in [4.78, 5) is 50.3. The average molecular weight is 461 g/mol. The number of amides is 3. The molecule has 5 rings (SSSR count). The van der Waals surface area contributed by atoms with Crippen LogP contribution < -0.4 is 4.74 Å². The molecule has 3 aromatic rings. The van der Waals surface area contributed by atoms with Crippen molar-refractivity contribution in [3.05, 3.63) is 59.9 Å². The first-order valence-electron chi connectivity index (χ1n) is 11.6. The lowest BCUT2D eigenvalue weighted by Crippen LogP contribution is -2.45. The molecule has 2 fully saturated rings. The van der Waals surface area contributed by atoms with Gasteiger partial charge in [0, 0.05) is 38.9 Å². The molecule has 2 aliphatic heterocycles. The van der Waals surface area contributed by atoms with Crippen LogP contribution in [-0.4, -0.2) is 64.7 Å². The number of carbonyl (C=O) groups excluding carboxylic acids is 3. The third-order valence-electron chi connectivity index (χ3n) is 7.26. The zero-order chi connectivity index (χ0) is 23.9. The predicted molar refractivity (Wildman–Crippen MR) is 126 cm³/mol. The maximum absolute atomic E-state index is 13.4. The molecule has 34 heavy (non-hydrogen) atoms. The average Bonchev–Trinajstić information content (AvgIpc) is 3.40. The summed E-state index contributed by atoms with van der Waals surface area (Å²) in [6, 6.07) is 15.1. The van der Waals surface area contributed by atoms with Gasteiger partial charge in [0.25, 0.3) is 0 Å². The number of likely N-dealkylation sites (tertiary alicyclic amines) is 2. The quantitative estimate of drug-likeness (QED) is 0.591. The number of aromatic nitrogens is 2. The van der Waals surface area contributed by atoms with E-state index in [2.05, 4.69) is 4.98 Å². The van der Waals surface area contributed by atoms with Gasteiger partial charge in [0.05, 0.1) is 23.6 Å². The maximum Gasteiger partial charge on any atom is 0.240 e. The Morgan fingerprint density at radius 3 is 2.59 bits per heavy atom. The van der Waals surface area contributed by atoms with Crippen LogP contribution in [-0.2, 0) is 19.8 Å². The summed E-state index contributed by atoms with van der Waals surface area (Å²) in [5, 5.41) is 0. The van der Waals surface area contributed by atoms with Gasteiger partial charge < -0.3 is 14.6 Å². The Balaban J connectivity index is 1.33. The van der Waals surface area contributed by atoms with Gasteiger partial charge >= 0.3 is 0 Å². The summed E-state index contributed by atoms with van der Waals surface area (Å²) < 4.78 is 5.33. The smallest absolute Gasteiger partial charge is 0.240 e. The fourth-order valence-electron chi connectivity index (χ4n) is 5.21. The number of likely N-dealkylation sites (N-methyl/N-ethyl adjacent to an activating group) is 1. The summed E-state index contributed by atoms with van der Waals surface area (Å²) >= 11 is 0. The third-order valence-corrected chi connectivity index (χ3v) is 7.26. The second-order valence-electron chi connectivity index (χ2n) is 9.22. The van der Waals surface area contributed by atoms with Crippen molar-refractivity contribution in [2.45, 2.75) is 37.0 Å². The molecule has 1 atom stereocenters. The first-order valence-corrected chi connectivity index (χ1v) is 11.6. The fraction of sp³-hybridized carbons (Fsp3) is 0.385. The Bertz CT molecular complexity index is 1230. The highest BCUT2D eigenvalue weighted by Gasteiger charge is 2.53. The van der Waals surface area contributed by atoms with E-state index in [4.69, 9.17) is 9.72 Å². The van der Waals surface area contributed by atoms with E-state index in [-0.39, 0.29) is 36.5 Å². The van der Waals surface area contributed by atoms with Gasteiger partial charge in [-0.3, -0.25) is 19.3 Å². The number of imide groups is 1. The molecule has 176 valence electrons. The van der Waals surface area contributed by atoms with Crippen LogP contribution in [0.4, 0.5) is 0 Å². The summed E-state index contributed by atoms with van der Waals surface area (Å²) in [7, 11) is 3.03. The number of imidazole rings is 1. The van der Waals surface area contributed by atoms with Gasteiger partial charge in [0.1, 0.15) is 11.6 Å². The second-order valence-corrected chi connectivity index (χ2v) is 9.22. The minimum atomic E-state index is -1.20. The van der Waals surface area contributed by atoms with Crippen molar-refractivity contribution >= 4 is 28.8 Å². The van der Waals surface area contributed by atoms with Gasteiger partial charge in [0.2, 0.25) is 17.7 Å². The predicted octanol–water partition coefficient (Wildman–Crippen LogP) is 2.99. The number of nitrogens with zero attached hydrogens (tertiary/aromatic N) is 3. The number of benzene rings is 2. The number of H-pyrrole nitrogens is 1. The van der Waals surface area contributed by atoms with E-state index in [1.165, 1.54) is 7.05 Å². The lowest BCUT2D eigenvalue weighted by molar-refractivity contribution is -0.141. The molecule has 2 aromatic carbocycles. The van der Waals surface area contributed by atoms with E-state index in [0.29, 0.717) is 24.4 Å². The molecular weight excluding hydrogens is 432 g/mol. The minimum Gasteiger partial charge on any atom is -0.497 e. The van der Waals surface area contributed by atoms with Crippen LogP contribution in [0.3, 0.4) is 0 Å². The van der Waals surface area contributed by atoms with Crippen LogP contribution in [0.5, 0.6) is 5.75 Å². The van der Waals surface area contributed by atoms with Crippen LogP contribution in [0.15, 0.2) is 48.5 Å². The van der Waals surface area contributed by atoms with Crippen molar-refractivity contribution in [2.75, 3.05) is 27.2 Å². The fourth-order valence-corrected chi connectivity index (χ4v) is 5.21. The zero-order valence-corrected chi connectivity index (χ0v) is 19.4. The summed E-state index contributed by atoms with van der Waals surface area (Å²) in [5.74, 6) is 1.08. The molecule has 1 unspecified atom stereocenters. The van der Waals surface area contributed by atoms with Crippen LogP contribution in [0.2, 0.25) is 0 Å². The van der Waals surface area contributed by atoms with Gasteiger partial charge in [0.15, 0.2) is 0 Å². The largest absolute Gasteiger partial charge is 0.497 e. The van der Waals surface area contributed by atoms with E-state index >= 15 is 0 Å². The number of piperidine rings is 1. The number of fused-ring (bicyclic) bond motifs is 1. The molecule has 1 N–H and O–H groups in total. The Labute approximate surface area is 197 Å². The van der Waals surface area contributed by atoms with Gasteiger partial charge in [-0.2, -0.15) is 0 Å². The summed E-state index contributed by atoms with van der Waals surface area (Å²) in [5.41, 5.74) is 1.40. The number of rotatable bonds is 5. The number of para-hydroxylation sites is 2. The van der Waals surface area contributed by atoms with Crippen molar-refractivity contribution in [3.63, 3.8) is 0 Å². The normalized spacial score (nSPS) is 21.5. The first kappa shape index (κ1) is 22.1. The van der Waals surface area contributed by atoms with E-state index in [0.717, 1.165) is 34.6 Å². The van der Waals surface area contributed by atoms with Crippen LogP contribution in [0.25, 0.3) is 11.0 Å². The summed E-state index contributed by atoms with van der Waals surface area (Å²) in [6.45, 7) is 1.18. The number of ether oxygens (including phenoxy) is 1. The standard InChI is InChI=1S/C26H28N4O4/c1-29-22(31)15-26(25(29)33,18-6-5-7-19(14-18)34-2)16-23(32)30-12-10-17(11-13-30)24-27-20-8-3-4-9-21(20)28-24/h3-9,14,17H,10-13,15-16H2,1-2H3,(H,27,28). The number of nitrogens with one attached hydrogen (secondary N) is 1. The maximum atomic E-state index is 13.4. The topological polar surface area (TPSA) is 95.6 Å². The molecule has 2 saturated heterocycles. The minimum absolute atomic E-state index is 0.0172. The Morgan fingerprint density at radius 1 is 1.15 bits per heavy atom. The van der Waals surface area contributed by atoms with Gasteiger partial charge in [-0.25, -0.2) is 4.98 Å². The Hall–Kier alpha value is -3.68. The summed E-state index contributed by atoms with van der Waals surface area (Å²) in [6.07, 6.45) is 1.54. The van der Waals surface area contributed by atoms with Crippen molar-refractivity contribution in [3.8, 4) is 5.75 Å². The molecule has 0 saturated carbocycles. The highest BCUT2D eigenvalue weighted by molar-refractivity contribution is 6.10. The monoisotopic (exact) mass is 460 g/mol. The molecule has 8 nitrogen and oxygen atoms in total. The molecule has 0 spiro atoms. The molecule has 1 aromatic heterocycles. The second kappa shape index (κ2) is 8.59. The molecular formula is C26H28N4O4. The molecule has 3 amide bonds. The third kappa shape index (κ3) is 3.73. The zero-order valence-electron chi connectivity index (χ0n) is 19.4. The Kier molecular flexibility index (Phi) is 5.59. The number of methoxy groups -OCH3 is 1. The molecule has 0 bridgehead atoms. The highest BCUT2D eigenvalue weighted by atomic mass is 16.5. The van der Waals surface area contributed by atoms with Crippen molar-refractivity contribution in [2.24, 2.45) is 0 Å². The van der Waals surface area contributed by atoms with Crippen molar-refractivity contribution in [1.29, 1.82) is 0 Å². The molecule has 8 heteroatoms. The SMILES string of the molecule is COc1cccc(C2(CC(=O)N3CCC(c4nc5ccccc5[nH]4)CC3)CC(=O)N(C)C2=O)c1. The molecule has 2 aliphatic rings. The number of hydrogen-bond donors (Lipinski definition) is 1. The van der Waals surface area contributed by atoms with Gasteiger partial charge in [-0.15, -0.1) is 0 Å². The number of carbonyl (C=O) groups is 3. The van der Waals surface area contributed by atoms with Gasteiger partial charge in [-0.1, -0.05) is 24.3 Å². The first-order chi connectivity index (χ1) is 16.4. The van der Waals surface area contributed by atoms with Gasteiger partial charge in [-0.05, 0) is 42.7 Å². The Morgan fingerprint density at radius 2 is 1.91 bits per heavy atom. The van der Waals surface area contributed by atoms with Crippen LogP contribution in [0, 0.1) is 0 Å². The van der Waals surface area contributed by atoms with Crippen molar-refractivity contribution < 1.29 is 19.1 Å². The lowest BCUT2D eigenvalue weighted by atomic mass is 9.75. The van der Waals surface area contributed by atoms with E-state index < -0.39 is 5.41 Å². The lowest BCUT2D eigenvalue weighted by Gasteiger charge is -2.34. The highest BCUT2D eigenvalue weighted by Crippen LogP contribution is 2.41. The van der Waals surface area contributed by atoms with Crippen LogP contribution in [0.1, 0.15) is 43.0 Å². The molecule has 0 radical (unpaired) electrons. The van der Waals surface area contributed by atoms with E-state index in [1.54, 1.807) is 31.4 Å². The van der Waals surface area contributed by atoms with Crippen molar-refractivity contribution in [1.82, 2.24) is 19.8 Å². The molecule has 3 heterocycles. The molecule has 0 aliphatic carbocycles. The number of hydrogen-bond acceptors (Lipinski definition) is 5. The van der Waals surface area contributed by atoms with E-state index in [9.17, 15) is 14.4 Å². The number of aromatic amines is 1. The van der Waals surface area contributed by atoms with E-state index in [1.807, 2.05) is 29.2 Å². The van der Waals surface area contributed by atoms with Crippen LogP contribution >= 0.6 is 0 Å².